The number of rotatable bonds is 3. The first-order chi connectivity index (χ1) is 7.59. The zero-order valence-electron chi connectivity index (χ0n) is 9.28. The third kappa shape index (κ3) is 1.39. The van der Waals surface area contributed by atoms with E-state index in [9.17, 15) is 4.79 Å². The number of carbonyl (C=O) groups is 1. The van der Waals surface area contributed by atoms with Crippen molar-refractivity contribution in [2.24, 2.45) is 5.73 Å². The minimum Gasteiger partial charge on any atom is -0.367 e. The van der Waals surface area contributed by atoms with Gasteiger partial charge >= 0.3 is 0 Å². The SMILES string of the molecule is CO[C@@](C)(C(N)=O)c1c[nH]c2ccccc12. The van der Waals surface area contributed by atoms with Crippen molar-refractivity contribution < 1.29 is 9.53 Å². The Kier molecular flexibility index (Phi) is 2.44. The summed E-state index contributed by atoms with van der Waals surface area (Å²) in [5.41, 5.74) is 6.01. The first kappa shape index (κ1) is 10.7. The summed E-state index contributed by atoms with van der Waals surface area (Å²) in [6, 6.07) is 7.71. The van der Waals surface area contributed by atoms with Crippen LogP contribution in [0.25, 0.3) is 10.9 Å². The predicted octanol–water partition coefficient (Wildman–Crippen LogP) is 1.51. The lowest BCUT2D eigenvalue weighted by Crippen LogP contribution is -2.39. The van der Waals surface area contributed by atoms with Gasteiger partial charge in [0.1, 0.15) is 0 Å². The van der Waals surface area contributed by atoms with Crippen molar-refractivity contribution >= 4 is 16.8 Å². The van der Waals surface area contributed by atoms with Crippen LogP contribution in [0.2, 0.25) is 0 Å². The number of nitrogens with two attached hydrogens (primary N) is 1. The van der Waals surface area contributed by atoms with Gasteiger partial charge in [-0.3, -0.25) is 4.79 Å². The first-order valence-electron chi connectivity index (χ1n) is 5.01. The second kappa shape index (κ2) is 3.64. The van der Waals surface area contributed by atoms with Gasteiger partial charge in [-0.15, -0.1) is 0 Å². The molecule has 0 spiro atoms. The molecular formula is C12H14N2O2. The Morgan fingerprint density at radius 3 is 2.75 bits per heavy atom. The van der Waals surface area contributed by atoms with Crippen molar-refractivity contribution in [1.29, 1.82) is 0 Å². The average Bonchev–Trinajstić information content (AvgIpc) is 2.72. The van der Waals surface area contributed by atoms with Crippen LogP contribution in [0.15, 0.2) is 30.5 Å². The Morgan fingerprint density at radius 1 is 1.44 bits per heavy atom. The number of aromatic amines is 1. The molecule has 1 amide bonds. The van der Waals surface area contributed by atoms with Crippen molar-refractivity contribution in [2.75, 3.05) is 7.11 Å². The quantitative estimate of drug-likeness (QED) is 0.820. The Balaban J connectivity index is 2.67. The van der Waals surface area contributed by atoms with E-state index in [-0.39, 0.29) is 0 Å². The van der Waals surface area contributed by atoms with Crippen molar-refractivity contribution in [3.8, 4) is 0 Å². The van der Waals surface area contributed by atoms with Crippen molar-refractivity contribution in [1.82, 2.24) is 4.98 Å². The number of para-hydroxylation sites is 1. The zero-order chi connectivity index (χ0) is 11.8. The highest BCUT2D eigenvalue weighted by molar-refractivity contribution is 5.93. The Morgan fingerprint density at radius 2 is 2.12 bits per heavy atom. The molecule has 4 nitrogen and oxygen atoms in total. The monoisotopic (exact) mass is 218 g/mol. The molecule has 1 heterocycles. The van der Waals surface area contributed by atoms with E-state index < -0.39 is 11.5 Å². The predicted molar refractivity (Wildman–Crippen MR) is 61.9 cm³/mol. The summed E-state index contributed by atoms with van der Waals surface area (Å²) in [4.78, 5) is 14.6. The molecule has 0 aliphatic heterocycles. The van der Waals surface area contributed by atoms with Gasteiger partial charge in [0.15, 0.2) is 5.60 Å². The summed E-state index contributed by atoms with van der Waals surface area (Å²) in [7, 11) is 1.48. The van der Waals surface area contributed by atoms with E-state index in [1.165, 1.54) is 7.11 Å². The minimum atomic E-state index is -1.10. The Hall–Kier alpha value is -1.81. The summed E-state index contributed by atoms with van der Waals surface area (Å²) < 4.78 is 5.26. The zero-order valence-corrected chi connectivity index (χ0v) is 9.28. The highest BCUT2D eigenvalue weighted by Gasteiger charge is 2.35. The van der Waals surface area contributed by atoms with Crippen LogP contribution in [0.1, 0.15) is 12.5 Å². The maximum atomic E-state index is 11.5. The van der Waals surface area contributed by atoms with E-state index in [0.29, 0.717) is 0 Å². The Labute approximate surface area is 93.4 Å². The van der Waals surface area contributed by atoms with Crippen LogP contribution in [0.5, 0.6) is 0 Å². The van der Waals surface area contributed by atoms with E-state index in [0.717, 1.165) is 16.5 Å². The number of fused-ring (bicyclic) bond motifs is 1. The lowest BCUT2D eigenvalue weighted by Gasteiger charge is -2.23. The van der Waals surface area contributed by atoms with Crippen LogP contribution in [0.3, 0.4) is 0 Å². The average molecular weight is 218 g/mol. The molecule has 0 aliphatic carbocycles. The normalized spacial score (nSPS) is 14.9. The van der Waals surface area contributed by atoms with Crippen LogP contribution >= 0.6 is 0 Å². The van der Waals surface area contributed by atoms with Crippen molar-refractivity contribution in [2.45, 2.75) is 12.5 Å². The van der Waals surface area contributed by atoms with Crippen molar-refractivity contribution in [3.63, 3.8) is 0 Å². The van der Waals surface area contributed by atoms with E-state index in [1.54, 1.807) is 13.1 Å². The van der Waals surface area contributed by atoms with Gasteiger partial charge in [0.2, 0.25) is 0 Å². The lowest BCUT2D eigenvalue weighted by atomic mass is 9.94. The lowest BCUT2D eigenvalue weighted by molar-refractivity contribution is -0.138. The highest BCUT2D eigenvalue weighted by Crippen LogP contribution is 2.30. The molecule has 1 aromatic carbocycles. The highest BCUT2D eigenvalue weighted by atomic mass is 16.5. The topological polar surface area (TPSA) is 68.1 Å². The molecular weight excluding hydrogens is 204 g/mol. The summed E-state index contributed by atoms with van der Waals surface area (Å²) >= 11 is 0. The van der Waals surface area contributed by atoms with E-state index >= 15 is 0 Å². The molecule has 0 radical (unpaired) electrons. The summed E-state index contributed by atoms with van der Waals surface area (Å²) in [6.07, 6.45) is 1.76. The number of aromatic nitrogens is 1. The largest absolute Gasteiger partial charge is 0.367 e. The van der Waals surface area contributed by atoms with Gasteiger partial charge < -0.3 is 15.5 Å². The van der Waals surface area contributed by atoms with Crippen molar-refractivity contribution in [3.05, 3.63) is 36.0 Å². The van der Waals surface area contributed by atoms with E-state index in [4.69, 9.17) is 10.5 Å². The van der Waals surface area contributed by atoms with Gasteiger partial charge in [-0.05, 0) is 13.0 Å². The number of hydrogen-bond donors (Lipinski definition) is 2. The molecule has 16 heavy (non-hydrogen) atoms. The summed E-state index contributed by atoms with van der Waals surface area (Å²) in [5.74, 6) is -0.500. The molecule has 3 N–H and O–H groups in total. The van der Waals surface area contributed by atoms with Gasteiger partial charge in [0.25, 0.3) is 5.91 Å². The summed E-state index contributed by atoms with van der Waals surface area (Å²) in [6.45, 7) is 1.67. The number of hydrogen-bond acceptors (Lipinski definition) is 2. The van der Waals surface area contributed by atoms with Gasteiger partial charge in [-0.25, -0.2) is 0 Å². The second-order valence-electron chi connectivity index (χ2n) is 3.85. The molecule has 2 rings (SSSR count). The molecule has 0 saturated heterocycles. The van der Waals surface area contributed by atoms with Gasteiger partial charge in [-0.2, -0.15) is 0 Å². The molecule has 2 aromatic rings. The van der Waals surface area contributed by atoms with Gasteiger partial charge in [0.05, 0.1) is 0 Å². The van der Waals surface area contributed by atoms with Crippen LogP contribution in [0, 0.1) is 0 Å². The number of carbonyl (C=O) groups excluding carboxylic acids is 1. The molecule has 0 aliphatic rings. The van der Waals surface area contributed by atoms with Crippen LogP contribution < -0.4 is 5.73 Å². The van der Waals surface area contributed by atoms with Crippen LogP contribution in [0.4, 0.5) is 0 Å². The number of benzene rings is 1. The maximum absolute atomic E-state index is 11.5. The number of H-pyrrole nitrogens is 1. The van der Waals surface area contributed by atoms with E-state index in [2.05, 4.69) is 4.98 Å². The smallest absolute Gasteiger partial charge is 0.254 e. The molecule has 1 atom stereocenters. The fraction of sp³-hybridized carbons (Fsp3) is 0.250. The molecule has 0 unspecified atom stereocenters. The summed E-state index contributed by atoms with van der Waals surface area (Å²) in [5, 5.41) is 0.950. The second-order valence-corrected chi connectivity index (χ2v) is 3.85. The molecule has 4 heteroatoms. The number of ether oxygens (including phenoxy) is 1. The number of methoxy groups -OCH3 is 1. The van der Waals surface area contributed by atoms with E-state index in [1.807, 2.05) is 24.3 Å². The number of primary amides is 1. The maximum Gasteiger partial charge on any atom is 0.254 e. The van der Waals surface area contributed by atoms with Crippen LogP contribution in [-0.4, -0.2) is 18.0 Å². The molecule has 0 saturated carbocycles. The minimum absolute atomic E-state index is 0.500. The third-order valence-electron chi connectivity index (χ3n) is 2.98. The fourth-order valence-corrected chi connectivity index (χ4v) is 1.81. The standard InChI is InChI=1S/C12H14N2O2/c1-12(16-2,11(13)15)9-7-14-10-6-4-3-5-8(9)10/h3-7,14H,1-2H3,(H2,13,15)/t12-/m1/s1. The molecule has 1 aromatic heterocycles. The number of nitrogens with one attached hydrogen (secondary N) is 1. The van der Waals surface area contributed by atoms with Crippen LogP contribution in [-0.2, 0) is 15.1 Å². The van der Waals surface area contributed by atoms with Gasteiger partial charge in [-0.1, -0.05) is 18.2 Å². The Bertz CT molecular complexity index is 533. The molecule has 0 bridgehead atoms. The molecule has 84 valence electrons. The first-order valence-corrected chi connectivity index (χ1v) is 5.01. The van der Waals surface area contributed by atoms with Gasteiger partial charge in [0, 0.05) is 29.8 Å². The third-order valence-corrected chi connectivity index (χ3v) is 2.98. The number of amides is 1. The fourth-order valence-electron chi connectivity index (χ4n) is 1.81. The molecule has 0 fully saturated rings.